The standard InChI is InChI=1S/C19H18Cl2FN3O2S/c1-11(2)3-12-6-17(27-19(26)24-18-23-8-16(21)28-18)25(9-12)10-13-4-14(20)7-15(22)5-13/h4-9,11H,3,10H2,1-2H3,(H,23,24,26). The van der Waals surface area contributed by atoms with Crippen LogP contribution in [0.2, 0.25) is 9.36 Å². The molecule has 0 atom stereocenters. The highest BCUT2D eigenvalue weighted by Gasteiger charge is 2.15. The number of amides is 1. The van der Waals surface area contributed by atoms with Crippen LogP contribution in [0.4, 0.5) is 14.3 Å². The van der Waals surface area contributed by atoms with Crippen LogP contribution in [-0.4, -0.2) is 15.6 Å². The zero-order valence-corrected chi connectivity index (χ0v) is 17.5. The first-order chi connectivity index (χ1) is 13.3. The van der Waals surface area contributed by atoms with Crippen molar-refractivity contribution in [1.29, 1.82) is 0 Å². The SMILES string of the molecule is CC(C)Cc1cc(OC(=O)Nc2ncc(Cl)s2)n(Cc2cc(F)cc(Cl)c2)c1. The van der Waals surface area contributed by atoms with Crippen molar-refractivity contribution in [2.45, 2.75) is 26.8 Å². The fraction of sp³-hybridized carbons (Fsp3) is 0.263. The molecule has 148 valence electrons. The van der Waals surface area contributed by atoms with E-state index < -0.39 is 11.9 Å². The number of nitrogens with one attached hydrogen (secondary N) is 1. The molecule has 2 heterocycles. The summed E-state index contributed by atoms with van der Waals surface area (Å²) in [7, 11) is 0. The van der Waals surface area contributed by atoms with Gasteiger partial charge in [0.15, 0.2) is 5.13 Å². The van der Waals surface area contributed by atoms with Gasteiger partial charge in [-0.25, -0.2) is 14.2 Å². The van der Waals surface area contributed by atoms with Gasteiger partial charge in [-0.2, -0.15) is 0 Å². The van der Waals surface area contributed by atoms with Gasteiger partial charge >= 0.3 is 6.09 Å². The molecule has 0 bridgehead atoms. The molecule has 28 heavy (non-hydrogen) atoms. The number of rotatable bonds is 6. The third-order valence-electron chi connectivity index (χ3n) is 3.72. The largest absolute Gasteiger partial charge is 0.420 e. The number of nitrogens with zero attached hydrogens (tertiary/aromatic N) is 2. The van der Waals surface area contributed by atoms with Crippen LogP contribution < -0.4 is 10.1 Å². The van der Waals surface area contributed by atoms with E-state index in [1.165, 1.54) is 18.3 Å². The summed E-state index contributed by atoms with van der Waals surface area (Å²) < 4.78 is 21.3. The number of benzene rings is 1. The smallest absolute Gasteiger partial charge is 0.393 e. The van der Waals surface area contributed by atoms with Gasteiger partial charge in [0.05, 0.1) is 12.7 Å². The lowest BCUT2D eigenvalue weighted by atomic mass is 10.1. The molecule has 1 aromatic carbocycles. The molecule has 3 rings (SSSR count). The van der Waals surface area contributed by atoms with Crippen LogP contribution in [0.1, 0.15) is 25.0 Å². The zero-order valence-electron chi connectivity index (χ0n) is 15.2. The molecule has 0 aliphatic rings. The summed E-state index contributed by atoms with van der Waals surface area (Å²) in [5.74, 6) is 0.354. The quantitative estimate of drug-likeness (QED) is 0.491. The summed E-state index contributed by atoms with van der Waals surface area (Å²) >= 11 is 12.9. The van der Waals surface area contributed by atoms with Gasteiger partial charge in [-0.1, -0.05) is 48.4 Å². The van der Waals surface area contributed by atoms with E-state index in [2.05, 4.69) is 24.1 Å². The first-order valence-corrected chi connectivity index (χ1v) is 10.1. The van der Waals surface area contributed by atoms with E-state index >= 15 is 0 Å². The molecule has 2 aromatic heterocycles. The van der Waals surface area contributed by atoms with Gasteiger partial charge in [0.25, 0.3) is 0 Å². The first-order valence-electron chi connectivity index (χ1n) is 8.52. The maximum absolute atomic E-state index is 13.7. The van der Waals surface area contributed by atoms with Crippen molar-refractivity contribution in [1.82, 2.24) is 9.55 Å². The molecule has 0 radical (unpaired) electrons. The number of ether oxygens (including phenoxy) is 1. The fourth-order valence-corrected chi connectivity index (χ4v) is 3.80. The number of anilines is 1. The minimum atomic E-state index is -0.682. The van der Waals surface area contributed by atoms with E-state index in [1.807, 2.05) is 6.20 Å². The molecule has 0 aliphatic carbocycles. The van der Waals surface area contributed by atoms with Gasteiger partial charge in [-0.3, -0.25) is 5.32 Å². The summed E-state index contributed by atoms with van der Waals surface area (Å²) in [5.41, 5.74) is 1.67. The average Bonchev–Trinajstić information content (AvgIpc) is 3.12. The third-order valence-corrected chi connectivity index (χ3v) is 4.97. The van der Waals surface area contributed by atoms with Gasteiger partial charge in [-0.15, -0.1) is 0 Å². The van der Waals surface area contributed by atoms with Crippen LogP contribution in [0.5, 0.6) is 5.88 Å². The molecule has 0 fully saturated rings. The summed E-state index contributed by atoms with van der Waals surface area (Å²) in [6, 6.07) is 6.12. The van der Waals surface area contributed by atoms with Gasteiger partial charge in [0.2, 0.25) is 5.88 Å². The van der Waals surface area contributed by atoms with Crippen LogP contribution in [0, 0.1) is 11.7 Å². The Hall–Kier alpha value is -2.09. The predicted molar refractivity (Wildman–Crippen MR) is 110 cm³/mol. The lowest BCUT2D eigenvalue weighted by molar-refractivity contribution is 0.211. The second kappa shape index (κ2) is 8.94. The summed E-state index contributed by atoms with van der Waals surface area (Å²) in [5, 5.41) is 3.19. The van der Waals surface area contributed by atoms with Gasteiger partial charge in [0, 0.05) is 17.3 Å². The molecule has 3 aromatic rings. The van der Waals surface area contributed by atoms with Crippen LogP contribution in [0.25, 0.3) is 0 Å². The molecule has 1 N–H and O–H groups in total. The Kier molecular flexibility index (Phi) is 6.59. The van der Waals surface area contributed by atoms with Crippen molar-refractivity contribution in [3.8, 4) is 5.88 Å². The van der Waals surface area contributed by atoms with Gasteiger partial charge < -0.3 is 9.30 Å². The summed E-state index contributed by atoms with van der Waals surface area (Å²) in [6.07, 6.45) is 3.47. The molecule has 0 spiro atoms. The summed E-state index contributed by atoms with van der Waals surface area (Å²) in [4.78, 5) is 16.2. The number of carbonyl (C=O) groups excluding carboxylic acids is 1. The molecule has 9 heteroatoms. The van der Waals surface area contributed by atoms with E-state index in [9.17, 15) is 9.18 Å². The molecular formula is C19H18Cl2FN3O2S. The monoisotopic (exact) mass is 441 g/mol. The predicted octanol–water partition coefficient (Wildman–Crippen LogP) is 6.25. The van der Waals surface area contributed by atoms with Crippen molar-refractivity contribution in [3.63, 3.8) is 0 Å². The number of thiazole rings is 1. The minimum absolute atomic E-state index is 0.307. The maximum atomic E-state index is 13.7. The Bertz CT molecular complexity index is 967. The van der Waals surface area contributed by atoms with Gasteiger partial charge in [-0.05, 0) is 41.7 Å². The minimum Gasteiger partial charge on any atom is -0.393 e. The molecule has 0 aliphatic heterocycles. The molecule has 1 amide bonds. The normalized spacial score (nSPS) is 11.1. The number of hydrogen-bond donors (Lipinski definition) is 1. The fourth-order valence-electron chi connectivity index (χ4n) is 2.76. The Balaban J connectivity index is 1.81. The Morgan fingerprint density at radius 3 is 2.71 bits per heavy atom. The average molecular weight is 442 g/mol. The van der Waals surface area contributed by atoms with Crippen LogP contribution >= 0.6 is 34.5 Å². The van der Waals surface area contributed by atoms with Crippen molar-refractivity contribution < 1.29 is 13.9 Å². The molecule has 0 saturated carbocycles. The molecule has 0 saturated heterocycles. The highest BCUT2D eigenvalue weighted by molar-refractivity contribution is 7.19. The highest BCUT2D eigenvalue weighted by atomic mass is 35.5. The van der Waals surface area contributed by atoms with Crippen LogP contribution in [-0.2, 0) is 13.0 Å². The van der Waals surface area contributed by atoms with E-state index in [-0.39, 0.29) is 0 Å². The van der Waals surface area contributed by atoms with E-state index in [0.29, 0.717) is 38.4 Å². The number of carbonyl (C=O) groups is 1. The lowest BCUT2D eigenvalue weighted by Gasteiger charge is -2.10. The second-order valence-corrected chi connectivity index (χ2v) is 8.77. The second-order valence-electron chi connectivity index (χ2n) is 6.67. The Labute approximate surface area is 176 Å². The molecule has 0 unspecified atom stereocenters. The van der Waals surface area contributed by atoms with Crippen LogP contribution in [0.3, 0.4) is 0 Å². The zero-order chi connectivity index (χ0) is 20.3. The highest BCUT2D eigenvalue weighted by Crippen LogP contribution is 2.25. The van der Waals surface area contributed by atoms with Gasteiger partial charge in [0.1, 0.15) is 10.2 Å². The topological polar surface area (TPSA) is 56.1 Å². The van der Waals surface area contributed by atoms with E-state index in [1.54, 1.807) is 16.7 Å². The van der Waals surface area contributed by atoms with Crippen molar-refractivity contribution in [2.24, 2.45) is 5.92 Å². The third kappa shape index (κ3) is 5.70. The van der Waals surface area contributed by atoms with Crippen molar-refractivity contribution in [3.05, 3.63) is 63.0 Å². The first kappa shape index (κ1) is 20.6. The van der Waals surface area contributed by atoms with Crippen LogP contribution in [0.15, 0.2) is 36.7 Å². The number of hydrogen-bond acceptors (Lipinski definition) is 4. The summed E-state index contributed by atoms with van der Waals surface area (Å²) in [6.45, 7) is 4.51. The Morgan fingerprint density at radius 2 is 2.07 bits per heavy atom. The number of halogens is 3. The molecular weight excluding hydrogens is 424 g/mol. The Morgan fingerprint density at radius 1 is 1.29 bits per heavy atom. The molecule has 5 nitrogen and oxygen atoms in total. The van der Waals surface area contributed by atoms with Crippen molar-refractivity contribution in [2.75, 3.05) is 5.32 Å². The van der Waals surface area contributed by atoms with E-state index in [0.717, 1.165) is 23.3 Å². The number of aromatic nitrogens is 2. The van der Waals surface area contributed by atoms with Crippen molar-refractivity contribution >= 4 is 45.8 Å². The van der Waals surface area contributed by atoms with E-state index in [4.69, 9.17) is 27.9 Å². The lowest BCUT2D eigenvalue weighted by Crippen LogP contribution is -2.18. The maximum Gasteiger partial charge on any atom is 0.420 e.